The van der Waals surface area contributed by atoms with Crippen LogP contribution in [0.4, 0.5) is 0 Å². The highest BCUT2D eigenvalue weighted by molar-refractivity contribution is 7.90. The molecule has 0 aliphatic carbocycles. The molecule has 0 spiro atoms. The Labute approximate surface area is 100 Å². The van der Waals surface area contributed by atoms with Gasteiger partial charge in [0.15, 0.2) is 9.84 Å². The summed E-state index contributed by atoms with van der Waals surface area (Å²) < 4.78 is 22.4. The zero-order valence-corrected chi connectivity index (χ0v) is 10.3. The standard InChI is InChI=1S/C11H13N3O2S/c1-17(15,16)11-7-5-10(6-8-11)4-2-3-9-13-14-12/h2,4-8H,3,9H2,1H3. The molecule has 0 aliphatic rings. The minimum atomic E-state index is -3.13. The van der Waals surface area contributed by atoms with Crippen molar-refractivity contribution in [3.8, 4) is 0 Å². The van der Waals surface area contributed by atoms with Crippen molar-refractivity contribution >= 4 is 15.9 Å². The molecule has 1 rings (SSSR count). The van der Waals surface area contributed by atoms with Gasteiger partial charge in [0.2, 0.25) is 0 Å². The van der Waals surface area contributed by atoms with E-state index in [9.17, 15) is 8.42 Å². The Hall–Kier alpha value is -1.78. The highest BCUT2D eigenvalue weighted by atomic mass is 32.2. The molecule has 6 heteroatoms. The minimum Gasteiger partial charge on any atom is -0.224 e. The number of hydrogen-bond acceptors (Lipinski definition) is 3. The Morgan fingerprint density at radius 2 is 2.00 bits per heavy atom. The van der Waals surface area contributed by atoms with E-state index in [1.165, 1.54) is 6.26 Å². The van der Waals surface area contributed by atoms with Gasteiger partial charge in [-0.3, -0.25) is 0 Å². The van der Waals surface area contributed by atoms with E-state index >= 15 is 0 Å². The lowest BCUT2D eigenvalue weighted by Crippen LogP contribution is -1.95. The molecule has 1 aromatic carbocycles. The van der Waals surface area contributed by atoms with E-state index in [1.807, 2.05) is 12.2 Å². The van der Waals surface area contributed by atoms with Crippen molar-refractivity contribution in [2.24, 2.45) is 5.11 Å². The molecule has 1 aromatic rings. The molecular formula is C11H13N3O2S. The molecule has 0 aromatic heterocycles. The zero-order valence-electron chi connectivity index (χ0n) is 9.44. The lowest BCUT2D eigenvalue weighted by Gasteiger charge is -1.98. The highest BCUT2D eigenvalue weighted by Crippen LogP contribution is 2.11. The van der Waals surface area contributed by atoms with Crippen molar-refractivity contribution in [2.75, 3.05) is 12.8 Å². The fraction of sp³-hybridized carbons (Fsp3) is 0.273. The topological polar surface area (TPSA) is 82.9 Å². The molecule has 0 saturated heterocycles. The van der Waals surface area contributed by atoms with Gasteiger partial charge >= 0.3 is 0 Å². The van der Waals surface area contributed by atoms with Gasteiger partial charge in [0.1, 0.15) is 0 Å². The third-order valence-electron chi connectivity index (χ3n) is 2.08. The number of rotatable bonds is 5. The predicted molar refractivity (Wildman–Crippen MR) is 67.2 cm³/mol. The van der Waals surface area contributed by atoms with Crippen LogP contribution in [0.5, 0.6) is 0 Å². The fourth-order valence-corrected chi connectivity index (χ4v) is 1.85. The lowest BCUT2D eigenvalue weighted by atomic mass is 10.2. The zero-order chi connectivity index (χ0) is 12.7. The van der Waals surface area contributed by atoms with Gasteiger partial charge in [0.05, 0.1) is 4.90 Å². The maximum Gasteiger partial charge on any atom is 0.175 e. The normalized spacial score (nSPS) is 11.4. The number of azide groups is 1. The molecule has 0 saturated carbocycles. The molecule has 0 atom stereocenters. The molecule has 0 fully saturated rings. The van der Waals surface area contributed by atoms with Crippen molar-refractivity contribution in [1.29, 1.82) is 0 Å². The molecule has 0 aliphatic heterocycles. The van der Waals surface area contributed by atoms with Crippen LogP contribution < -0.4 is 0 Å². The van der Waals surface area contributed by atoms with E-state index in [1.54, 1.807) is 24.3 Å². The van der Waals surface area contributed by atoms with Crippen molar-refractivity contribution < 1.29 is 8.42 Å². The molecule has 0 unspecified atom stereocenters. The SMILES string of the molecule is CS(=O)(=O)c1ccc(C=CCCN=[N+]=[N-])cc1. The highest BCUT2D eigenvalue weighted by Gasteiger charge is 2.04. The fourth-order valence-electron chi connectivity index (χ4n) is 1.22. The second-order valence-electron chi connectivity index (χ2n) is 3.49. The molecule has 0 amide bonds. The molecule has 0 N–H and O–H groups in total. The van der Waals surface area contributed by atoms with Gasteiger partial charge in [0, 0.05) is 17.7 Å². The summed E-state index contributed by atoms with van der Waals surface area (Å²) in [5, 5.41) is 3.40. The van der Waals surface area contributed by atoms with Crippen LogP contribution >= 0.6 is 0 Å². The summed E-state index contributed by atoms with van der Waals surface area (Å²) in [6, 6.07) is 6.62. The third kappa shape index (κ3) is 4.72. The van der Waals surface area contributed by atoms with E-state index in [2.05, 4.69) is 10.0 Å². The summed E-state index contributed by atoms with van der Waals surface area (Å²) in [6.45, 7) is 0.425. The predicted octanol–water partition coefficient (Wildman–Crippen LogP) is 2.80. The maximum absolute atomic E-state index is 11.2. The monoisotopic (exact) mass is 251 g/mol. The molecule has 0 radical (unpaired) electrons. The van der Waals surface area contributed by atoms with Crippen molar-refractivity contribution in [2.45, 2.75) is 11.3 Å². The Kier molecular flexibility index (Phi) is 4.75. The number of nitrogens with zero attached hydrogens (tertiary/aromatic N) is 3. The smallest absolute Gasteiger partial charge is 0.175 e. The molecule has 0 bridgehead atoms. The number of benzene rings is 1. The Bertz CT molecular complexity index is 541. The first kappa shape index (κ1) is 13.3. The van der Waals surface area contributed by atoms with E-state index in [0.29, 0.717) is 17.9 Å². The largest absolute Gasteiger partial charge is 0.224 e. The van der Waals surface area contributed by atoms with Crippen molar-refractivity contribution in [3.63, 3.8) is 0 Å². The molecule has 0 heterocycles. The van der Waals surface area contributed by atoms with Crippen LogP contribution in [0.15, 0.2) is 40.4 Å². The minimum absolute atomic E-state index is 0.309. The Morgan fingerprint density at radius 1 is 1.35 bits per heavy atom. The maximum atomic E-state index is 11.2. The number of sulfone groups is 1. The van der Waals surface area contributed by atoms with Crippen LogP contribution in [0.3, 0.4) is 0 Å². The van der Waals surface area contributed by atoms with Crippen LogP contribution in [0, 0.1) is 0 Å². The Balaban J connectivity index is 2.66. The summed E-state index contributed by atoms with van der Waals surface area (Å²) in [5.41, 5.74) is 8.98. The lowest BCUT2D eigenvalue weighted by molar-refractivity contribution is 0.602. The van der Waals surface area contributed by atoms with Crippen LogP contribution in [-0.2, 0) is 9.84 Å². The summed E-state index contributed by atoms with van der Waals surface area (Å²) in [4.78, 5) is 2.95. The summed E-state index contributed by atoms with van der Waals surface area (Å²) in [5.74, 6) is 0. The van der Waals surface area contributed by atoms with Gasteiger partial charge in [-0.1, -0.05) is 29.4 Å². The van der Waals surface area contributed by atoms with Gasteiger partial charge < -0.3 is 0 Å². The molecule has 90 valence electrons. The van der Waals surface area contributed by atoms with Crippen molar-refractivity contribution in [1.82, 2.24) is 0 Å². The molecule has 5 nitrogen and oxygen atoms in total. The van der Waals surface area contributed by atoms with E-state index in [4.69, 9.17) is 5.53 Å². The third-order valence-corrected chi connectivity index (χ3v) is 3.21. The van der Waals surface area contributed by atoms with Gasteiger partial charge in [-0.2, -0.15) is 0 Å². The summed E-state index contributed by atoms with van der Waals surface area (Å²) in [7, 11) is -3.13. The van der Waals surface area contributed by atoms with Crippen LogP contribution in [0.2, 0.25) is 0 Å². The summed E-state index contributed by atoms with van der Waals surface area (Å²) >= 11 is 0. The Morgan fingerprint density at radius 3 is 2.53 bits per heavy atom. The first-order chi connectivity index (χ1) is 8.04. The quantitative estimate of drug-likeness (QED) is 0.349. The second kappa shape index (κ2) is 6.08. The van der Waals surface area contributed by atoms with Crippen LogP contribution in [0.25, 0.3) is 16.5 Å². The average Bonchev–Trinajstić information content (AvgIpc) is 2.28. The van der Waals surface area contributed by atoms with E-state index in [0.717, 1.165) is 5.56 Å². The van der Waals surface area contributed by atoms with Gasteiger partial charge in [0.25, 0.3) is 0 Å². The van der Waals surface area contributed by atoms with Crippen LogP contribution in [-0.4, -0.2) is 21.2 Å². The van der Waals surface area contributed by atoms with Crippen molar-refractivity contribution in [3.05, 3.63) is 46.3 Å². The molecule has 17 heavy (non-hydrogen) atoms. The van der Waals surface area contributed by atoms with Gasteiger partial charge in [-0.05, 0) is 29.6 Å². The van der Waals surface area contributed by atoms with Gasteiger partial charge in [-0.25, -0.2) is 8.42 Å². The second-order valence-corrected chi connectivity index (χ2v) is 5.50. The van der Waals surface area contributed by atoms with E-state index in [-0.39, 0.29) is 0 Å². The first-order valence-corrected chi connectivity index (χ1v) is 6.90. The average molecular weight is 251 g/mol. The first-order valence-electron chi connectivity index (χ1n) is 5.01. The van der Waals surface area contributed by atoms with E-state index < -0.39 is 9.84 Å². The van der Waals surface area contributed by atoms with Crippen LogP contribution in [0.1, 0.15) is 12.0 Å². The summed E-state index contributed by atoms with van der Waals surface area (Å²) in [6.07, 6.45) is 5.58. The number of hydrogen-bond donors (Lipinski definition) is 0. The molecular weight excluding hydrogens is 238 g/mol. The van der Waals surface area contributed by atoms with Gasteiger partial charge in [-0.15, -0.1) is 0 Å².